The van der Waals surface area contributed by atoms with Crippen LogP contribution in [0.2, 0.25) is 0 Å². The van der Waals surface area contributed by atoms with Gasteiger partial charge in [-0.25, -0.2) is 0 Å². The van der Waals surface area contributed by atoms with Gasteiger partial charge in [-0.3, -0.25) is 4.79 Å². The molecule has 0 heterocycles. The Morgan fingerprint density at radius 1 is 1.32 bits per heavy atom. The fraction of sp³-hybridized carbons (Fsp3) is 0.533. The number of carbonyl (C=O) groups excluding carboxylic acids is 1. The van der Waals surface area contributed by atoms with Crippen LogP contribution in [0.3, 0.4) is 0 Å². The van der Waals surface area contributed by atoms with E-state index in [9.17, 15) is 9.90 Å². The van der Waals surface area contributed by atoms with Gasteiger partial charge in [-0.05, 0) is 29.5 Å². The Kier molecular flexibility index (Phi) is 5.51. The van der Waals surface area contributed by atoms with E-state index in [-0.39, 0.29) is 17.9 Å². The second-order valence-corrected chi connectivity index (χ2v) is 6.03. The molecule has 0 radical (unpaired) electrons. The molecule has 0 aliphatic rings. The van der Waals surface area contributed by atoms with Crippen molar-refractivity contribution in [2.45, 2.75) is 39.8 Å². The van der Waals surface area contributed by atoms with Gasteiger partial charge < -0.3 is 16.2 Å². The van der Waals surface area contributed by atoms with Gasteiger partial charge in [0.15, 0.2) is 0 Å². The molecule has 0 aromatic heterocycles. The molecule has 1 unspecified atom stereocenters. The van der Waals surface area contributed by atoms with Crippen LogP contribution < -0.4 is 11.1 Å². The second kappa shape index (κ2) is 6.68. The first-order chi connectivity index (χ1) is 8.81. The van der Waals surface area contributed by atoms with E-state index in [0.717, 1.165) is 5.56 Å². The lowest BCUT2D eigenvalue weighted by Crippen LogP contribution is -2.34. The Bertz CT molecular complexity index is 407. The van der Waals surface area contributed by atoms with E-state index in [1.54, 1.807) is 12.1 Å². The summed E-state index contributed by atoms with van der Waals surface area (Å²) in [5.41, 5.74) is 7.12. The molecule has 1 atom stereocenters. The third-order valence-electron chi connectivity index (χ3n) is 2.80. The molecule has 0 bridgehead atoms. The topological polar surface area (TPSA) is 75.3 Å². The number of amides is 1. The second-order valence-electron chi connectivity index (χ2n) is 6.03. The molecule has 106 valence electrons. The van der Waals surface area contributed by atoms with Crippen molar-refractivity contribution in [2.75, 3.05) is 6.54 Å². The molecule has 4 heteroatoms. The van der Waals surface area contributed by atoms with Crippen molar-refractivity contribution in [2.24, 2.45) is 11.1 Å². The normalized spacial score (nSPS) is 13.1. The molecule has 0 fully saturated rings. The molecular weight excluding hydrogens is 240 g/mol. The number of aliphatic hydroxyl groups excluding tert-OH is 1. The molecule has 0 aliphatic carbocycles. The minimum absolute atomic E-state index is 0.0485. The summed E-state index contributed by atoms with van der Waals surface area (Å²) in [7, 11) is 0. The van der Waals surface area contributed by atoms with Crippen LogP contribution in [-0.2, 0) is 6.54 Å². The van der Waals surface area contributed by atoms with Crippen LogP contribution in [-0.4, -0.2) is 23.7 Å². The number of hydrogen-bond acceptors (Lipinski definition) is 3. The van der Waals surface area contributed by atoms with E-state index in [0.29, 0.717) is 18.5 Å². The predicted octanol–water partition coefficient (Wildman–Crippen LogP) is 1.67. The molecule has 1 rings (SSSR count). The number of aliphatic hydroxyl groups is 1. The van der Waals surface area contributed by atoms with Crippen LogP contribution in [0.5, 0.6) is 0 Å². The van der Waals surface area contributed by atoms with Crippen LogP contribution in [0.1, 0.15) is 43.1 Å². The summed E-state index contributed by atoms with van der Waals surface area (Å²) in [5, 5.41) is 12.6. The summed E-state index contributed by atoms with van der Waals surface area (Å²) < 4.78 is 0. The lowest BCUT2D eigenvalue weighted by Gasteiger charge is -2.22. The van der Waals surface area contributed by atoms with Crippen LogP contribution in [0.4, 0.5) is 0 Å². The zero-order chi connectivity index (χ0) is 14.5. The summed E-state index contributed by atoms with van der Waals surface area (Å²) >= 11 is 0. The van der Waals surface area contributed by atoms with Crippen molar-refractivity contribution in [3.8, 4) is 0 Å². The Morgan fingerprint density at radius 3 is 2.37 bits per heavy atom. The number of hydrogen-bond donors (Lipinski definition) is 3. The van der Waals surface area contributed by atoms with Crippen molar-refractivity contribution in [1.29, 1.82) is 0 Å². The van der Waals surface area contributed by atoms with Crippen molar-refractivity contribution in [3.63, 3.8) is 0 Å². The van der Waals surface area contributed by atoms with Gasteiger partial charge in [0.1, 0.15) is 0 Å². The zero-order valence-corrected chi connectivity index (χ0v) is 11.9. The maximum atomic E-state index is 11.9. The van der Waals surface area contributed by atoms with Crippen LogP contribution in [0, 0.1) is 5.41 Å². The van der Waals surface area contributed by atoms with Crippen molar-refractivity contribution >= 4 is 5.91 Å². The van der Waals surface area contributed by atoms with Gasteiger partial charge in [-0.2, -0.15) is 0 Å². The average molecular weight is 264 g/mol. The Balaban J connectivity index is 2.46. The molecule has 0 aliphatic heterocycles. The van der Waals surface area contributed by atoms with Crippen LogP contribution >= 0.6 is 0 Å². The zero-order valence-electron chi connectivity index (χ0n) is 11.9. The summed E-state index contributed by atoms with van der Waals surface area (Å²) in [6.45, 7) is 6.91. The molecule has 0 saturated heterocycles. The van der Waals surface area contributed by atoms with Crippen molar-refractivity contribution in [1.82, 2.24) is 5.32 Å². The number of benzene rings is 1. The SMILES string of the molecule is CC(C)(C)CC(O)CNC(=O)c1ccc(CN)cc1. The third-order valence-corrected chi connectivity index (χ3v) is 2.80. The predicted molar refractivity (Wildman–Crippen MR) is 76.7 cm³/mol. The first-order valence-corrected chi connectivity index (χ1v) is 6.57. The molecule has 0 saturated carbocycles. The van der Waals surface area contributed by atoms with Gasteiger partial charge >= 0.3 is 0 Å². The number of carbonyl (C=O) groups is 1. The van der Waals surface area contributed by atoms with Gasteiger partial charge in [-0.1, -0.05) is 32.9 Å². The average Bonchev–Trinajstić information content (AvgIpc) is 2.34. The van der Waals surface area contributed by atoms with E-state index in [1.807, 2.05) is 12.1 Å². The number of nitrogens with one attached hydrogen (secondary N) is 1. The van der Waals surface area contributed by atoms with E-state index >= 15 is 0 Å². The monoisotopic (exact) mass is 264 g/mol. The van der Waals surface area contributed by atoms with Gasteiger partial charge in [0.05, 0.1) is 6.10 Å². The Hall–Kier alpha value is -1.39. The smallest absolute Gasteiger partial charge is 0.251 e. The van der Waals surface area contributed by atoms with Crippen molar-refractivity contribution in [3.05, 3.63) is 35.4 Å². The minimum Gasteiger partial charge on any atom is -0.391 e. The Morgan fingerprint density at radius 2 is 1.89 bits per heavy atom. The third kappa shape index (κ3) is 5.85. The van der Waals surface area contributed by atoms with E-state index in [4.69, 9.17) is 5.73 Å². The molecule has 1 amide bonds. The molecular formula is C15H24N2O2. The van der Waals surface area contributed by atoms with Crippen LogP contribution in [0.25, 0.3) is 0 Å². The Labute approximate surface area is 115 Å². The molecule has 19 heavy (non-hydrogen) atoms. The quantitative estimate of drug-likeness (QED) is 0.757. The summed E-state index contributed by atoms with van der Waals surface area (Å²) in [4.78, 5) is 11.9. The largest absolute Gasteiger partial charge is 0.391 e. The van der Waals surface area contributed by atoms with E-state index in [2.05, 4.69) is 26.1 Å². The highest BCUT2D eigenvalue weighted by Crippen LogP contribution is 2.20. The summed E-state index contributed by atoms with van der Waals surface area (Å²) in [6, 6.07) is 7.16. The summed E-state index contributed by atoms with van der Waals surface area (Å²) in [6.07, 6.45) is 0.131. The lowest BCUT2D eigenvalue weighted by molar-refractivity contribution is 0.0868. The van der Waals surface area contributed by atoms with Crippen LogP contribution in [0.15, 0.2) is 24.3 Å². The molecule has 1 aromatic rings. The molecule has 1 aromatic carbocycles. The van der Waals surface area contributed by atoms with Gasteiger partial charge in [-0.15, -0.1) is 0 Å². The maximum Gasteiger partial charge on any atom is 0.251 e. The number of rotatable bonds is 5. The highest BCUT2D eigenvalue weighted by molar-refractivity contribution is 5.94. The fourth-order valence-corrected chi connectivity index (χ4v) is 1.88. The number of nitrogens with two attached hydrogens (primary N) is 1. The molecule has 4 nitrogen and oxygen atoms in total. The first kappa shape index (κ1) is 15.7. The first-order valence-electron chi connectivity index (χ1n) is 6.57. The van der Waals surface area contributed by atoms with Crippen molar-refractivity contribution < 1.29 is 9.90 Å². The highest BCUT2D eigenvalue weighted by atomic mass is 16.3. The lowest BCUT2D eigenvalue weighted by atomic mass is 9.89. The fourth-order valence-electron chi connectivity index (χ4n) is 1.88. The van der Waals surface area contributed by atoms with Gasteiger partial charge in [0, 0.05) is 18.7 Å². The summed E-state index contributed by atoms with van der Waals surface area (Å²) in [5.74, 6) is -0.170. The highest BCUT2D eigenvalue weighted by Gasteiger charge is 2.17. The van der Waals surface area contributed by atoms with E-state index in [1.165, 1.54) is 0 Å². The maximum absolute atomic E-state index is 11.9. The van der Waals surface area contributed by atoms with E-state index < -0.39 is 6.10 Å². The molecule has 0 spiro atoms. The molecule has 4 N–H and O–H groups in total. The minimum atomic E-state index is -0.521. The van der Waals surface area contributed by atoms with Gasteiger partial charge in [0.25, 0.3) is 5.91 Å². The van der Waals surface area contributed by atoms with Gasteiger partial charge in [0.2, 0.25) is 0 Å². The standard InChI is InChI=1S/C15H24N2O2/c1-15(2,3)8-13(18)10-17-14(19)12-6-4-11(9-16)5-7-12/h4-7,13,18H,8-10,16H2,1-3H3,(H,17,19).